The minimum Gasteiger partial charge on any atom is -0.481 e. The van der Waals surface area contributed by atoms with Crippen molar-refractivity contribution in [1.29, 1.82) is 0 Å². The third-order valence-corrected chi connectivity index (χ3v) is 3.44. The van der Waals surface area contributed by atoms with Gasteiger partial charge in [0.2, 0.25) is 0 Å². The fourth-order valence-electron chi connectivity index (χ4n) is 2.51. The Morgan fingerprint density at radius 1 is 1.50 bits per heavy atom. The average Bonchev–Trinajstić information content (AvgIpc) is 2.59. The fraction of sp³-hybridized carbons (Fsp3) is 0.889. The smallest absolute Gasteiger partial charge is 0.310 e. The Morgan fingerprint density at radius 2 is 2.00 bits per heavy atom. The summed E-state index contributed by atoms with van der Waals surface area (Å²) in [5.41, 5.74) is -0.557. The van der Waals surface area contributed by atoms with E-state index in [4.69, 9.17) is 10.2 Å². The second kappa shape index (κ2) is 2.22. The second-order valence-electron chi connectivity index (χ2n) is 4.34. The first-order chi connectivity index (χ1) is 5.56. The van der Waals surface area contributed by atoms with Gasteiger partial charge in [0, 0.05) is 0 Å². The van der Waals surface area contributed by atoms with Crippen LogP contribution in [0.25, 0.3) is 0 Å². The standard InChI is InChI=1S/C9H14O3/c1-5-2-7(5)9(8(11)12)3-6(10)4-9/h5-7,10H,2-4H2,1H3,(H,11,12). The Bertz CT molecular complexity index is 218. The molecule has 2 rings (SSSR count). The molecule has 2 atom stereocenters. The van der Waals surface area contributed by atoms with Gasteiger partial charge < -0.3 is 10.2 Å². The van der Waals surface area contributed by atoms with Gasteiger partial charge in [-0.3, -0.25) is 4.79 Å². The molecule has 3 nitrogen and oxygen atoms in total. The van der Waals surface area contributed by atoms with Gasteiger partial charge in [-0.25, -0.2) is 0 Å². The number of hydrogen-bond acceptors (Lipinski definition) is 2. The minimum atomic E-state index is -0.706. The van der Waals surface area contributed by atoms with Crippen molar-refractivity contribution >= 4 is 5.97 Å². The van der Waals surface area contributed by atoms with Crippen LogP contribution in [0.1, 0.15) is 26.2 Å². The number of aliphatic hydroxyl groups excluding tert-OH is 1. The number of hydrogen-bond donors (Lipinski definition) is 2. The highest BCUT2D eigenvalue weighted by atomic mass is 16.4. The molecule has 0 saturated heterocycles. The predicted molar refractivity (Wildman–Crippen MR) is 42.6 cm³/mol. The topological polar surface area (TPSA) is 57.5 Å². The van der Waals surface area contributed by atoms with Crippen LogP contribution in [-0.2, 0) is 4.79 Å². The van der Waals surface area contributed by atoms with Gasteiger partial charge in [-0.2, -0.15) is 0 Å². The Kier molecular flexibility index (Phi) is 1.49. The molecule has 0 spiro atoms. The Balaban J connectivity index is 2.09. The maximum atomic E-state index is 11.0. The van der Waals surface area contributed by atoms with Gasteiger partial charge in [0.1, 0.15) is 0 Å². The van der Waals surface area contributed by atoms with Crippen LogP contribution >= 0.6 is 0 Å². The van der Waals surface area contributed by atoms with Gasteiger partial charge in [-0.15, -0.1) is 0 Å². The molecular weight excluding hydrogens is 156 g/mol. The molecule has 68 valence electrons. The lowest BCUT2D eigenvalue weighted by atomic mass is 9.63. The van der Waals surface area contributed by atoms with E-state index in [9.17, 15) is 4.79 Å². The van der Waals surface area contributed by atoms with E-state index in [0.29, 0.717) is 24.7 Å². The molecule has 0 amide bonds. The molecule has 2 N–H and O–H groups in total. The Labute approximate surface area is 71.4 Å². The molecule has 2 aliphatic rings. The van der Waals surface area contributed by atoms with Crippen molar-refractivity contribution in [3.8, 4) is 0 Å². The van der Waals surface area contributed by atoms with Gasteiger partial charge in [-0.1, -0.05) is 6.92 Å². The summed E-state index contributed by atoms with van der Waals surface area (Å²) in [7, 11) is 0. The molecule has 0 aromatic carbocycles. The summed E-state index contributed by atoms with van der Waals surface area (Å²) in [5.74, 6) is 0.175. The van der Waals surface area contributed by atoms with Gasteiger partial charge >= 0.3 is 5.97 Å². The number of aliphatic hydroxyl groups is 1. The van der Waals surface area contributed by atoms with Crippen LogP contribution in [0.4, 0.5) is 0 Å². The first-order valence-corrected chi connectivity index (χ1v) is 4.48. The molecule has 0 bridgehead atoms. The monoisotopic (exact) mass is 170 g/mol. The summed E-state index contributed by atoms with van der Waals surface area (Å²) in [6.45, 7) is 2.08. The molecular formula is C9H14O3. The Morgan fingerprint density at radius 3 is 2.25 bits per heavy atom. The fourth-order valence-corrected chi connectivity index (χ4v) is 2.51. The van der Waals surface area contributed by atoms with Crippen LogP contribution in [0.15, 0.2) is 0 Å². The molecule has 3 heteroatoms. The van der Waals surface area contributed by atoms with Crippen molar-refractivity contribution in [3.05, 3.63) is 0 Å². The highest BCUT2D eigenvalue weighted by Crippen LogP contribution is 2.60. The van der Waals surface area contributed by atoms with Crippen LogP contribution in [0.5, 0.6) is 0 Å². The third-order valence-electron chi connectivity index (χ3n) is 3.44. The normalized spacial score (nSPS) is 51.3. The van der Waals surface area contributed by atoms with E-state index >= 15 is 0 Å². The lowest BCUT2D eigenvalue weighted by Crippen LogP contribution is -2.48. The van der Waals surface area contributed by atoms with Crippen LogP contribution in [0.2, 0.25) is 0 Å². The van der Waals surface area contributed by atoms with E-state index in [1.165, 1.54) is 0 Å². The molecule has 2 saturated carbocycles. The van der Waals surface area contributed by atoms with E-state index in [2.05, 4.69) is 6.92 Å². The number of rotatable bonds is 2. The largest absolute Gasteiger partial charge is 0.481 e. The number of carboxylic acids is 1. The van der Waals surface area contributed by atoms with Crippen molar-refractivity contribution in [1.82, 2.24) is 0 Å². The number of carboxylic acid groups (broad SMARTS) is 1. The SMILES string of the molecule is CC1CC1C1(C(=O)O)CC(O)C1. The van der Waals surface area contributed by atoms with Gasteiger partial charge in [0.15, 0.2) is 0 Å². The summed E-state index contributed by atoms with van der Waals surface area (Å²) < 4.78 is 0. The lowest BCUT2D eigenvalue weighted by molar-refractivity contribution is -0.166. The zero-order valence-electron chi connectivity index (χ0n) is 7.16. The lowest BCUT2D eigenvalue weighted by Gasteiger charge is -2.42. The molecule has 0 aliphatic heterocycles. The third kappa shape index (κ3) is 0.891. The van der Waals surface area contributed by atoms with Crippen molar-refractivity contribution in [2.24, 2.45) is 17.3 Å². The molecule has 0 heterocycles. The molecule has 0 aromatic heterocycles. The van der Waals surface area contributed by atoms with Gasteiger partial charge in [0.05, 0.1) is 11.5 Å². The summed E-state index contributed by atoms with van der Waals surface area (Å²) in [6, 6.07) is 0. The quantitative estimate of drug-likeness (QED) is 0.646. The summed E-state index contributed by atoms with van der Waals surface area (Å²) in [4.78, 5) is 11.0. The minimum absolute atomic E-state index is 0.332. The van der Waals surface area contributed by atoms with Crippen LogP contribution in [0.3, 0.4) is 0 Å². The average molecular weight is 170 g/mol. The Hall–Kier alpha value is -0.570. The van der Waals surface area contributed by atoms with Crippen LogP contribution < -0.4 is 0 Å². The second-order valence-corrected chi connectivity index (χ2v) is 4.34. The highest BCUT2D eigenvalue weighted by Gasteiger charge is 2.61. The molecule has 2 aliphatic carbocycles. The van der Waals surface area contributed by atoms with E-state index in [0.717, 1.165) is 6.42 Å². The molecule has 0 radical (unpaired) electrons. The van der Waals surface area contributed by atoms with Crippen molar-refractivity contribution in [3.63, 3.8) is 0 Å². The van der Waals surface area contributed by atoms with Crippen molar-refractivity contribution < 1.29 is 15.0 Å². The first kappa shape index (κ1) is 8.05. The molecule has 2 fully saturated rings. The van der Waals surface area contributed by atoms with Crippen molar-refractivity contribution in [2.45, 2.75) is 32.3 Å². The van der Waals surface area contributed by atoms with E-state index in [-0.39, 0.29) is 6.10 Å². The molecule has 0 aromatic rings. The maximum absolute atomic E-state index is 11.0. The first-order valence-electron chi connectivity index (χ1n) is 4.48. The summed E-state index contributed by atoms with van der Waals surface area (Å²) in [5, 5.41) is 18.2. The summed E-state index contributed by atoms with van der Waals surface area (Å²) in [6.07, 6.45) is 1.60. The predicted octanol–water partition coefficient (Wildman–Crippen LogP) is 0.868. The zero-order valence-corrected chi connectivity index (χ0v) is 7.16. The highest BCUT2D eigenvalue weighted by molar-refractivity contribution is 5.77. The van der Waals surface area contributed by atoms with E-state index in [1.54, 1.807) is 0 Å². The van der Waals surface area contributed by atoms with E-state index < -0.39 is 11.4 Å². The molecule has 2 unspecified atom stereocenters. The van der Waals surface area contributed by atoms with Crippen LogP contribution in [-0.4, -0.2) is 22.3 Å². The zero-order chi connectivity index (χ0) is 8.93. The number of carbonyl (C=O) groups is 1. The van der Waals surface area contributed by atoms with Gasteiger partial charge in [0.25, 0.3) is 0 Å². The molecule has 12 heavy (non-hydrogen) atoms. The summed E-state index contributed by atoms with van der Waals surface area (Å²) >= 11 is 0. The van der Waals surface area contributed by atoms with Crippen LogP contribution in [0, 0.1) is 17.3 Å². The van der Waals surface area contributed by atoms with Crippen molar-refractivity contribution in [2.75, 3.05) is 0 Å². The van der Waals surface area contributed by atoms with Gasteiger partial charge in [-0.05, 0) is 31.1 Å². The maximum Gasteiger partial charge on any atom is 0.310 e. The number of aliphatic carboxylic acids is 1. The van der Waals surface area contributed by atoms with E-state index in [1.807, 2.05) is 0 Å².